The Kier molecular flexibility index (Phi) is 3.00. The second-order valence-electron chi connectivity index (χ2n) is 3.71. The molecule has 2 heterocycles. The Morgan fingerprint density at radius 2 is 2.19 bits per heavy atom. The molecule has 6 heteroatoms. The summed E-state index contributed by atoms with van der Waals surface area (Å²) in [7, 11) is 0. The summed E-state index contributed by atoms with van der Waals surface area (Å²) in [6, 6.07) is 0. The fourth-order valence-electron chi connectivity index (χ4n) is 1.68. The highest BCUT2D eigenvalue weighted by molar-refractivity contribution is 5.88. The molecule has 0 amide bonds. The number of carbonyl (C=O) groups is 1. The minimum absolute atomic E-state index is 0.166. The third kappa shape index (κ3) is 2.11. The Bertz CT molecular complexity index is 402. The van der Waals surface area contributed by atoms with Gasteiger partial charge in [-0.15, -0.1) is 0 Å². The van der Waals surface area contributed by atoms with Gasteiger partial charge in [0.05, 0.1) is 11.3 Å². The predicted molar refractivity (Wildman–Crippen MR) is 58.8 cm³/mol. The van der Waals surface area contributed by atoms with Crippen LogP contribution in [0.2, 0.25) is 0 Å². The van der Waals surface area contributed by atoms with E-state index in [1.54, 1.807) is 6.92 Å². The third-order valence-corrected chi connectivity index (χ3v) is 2.60. The van der Waals surface area contributed by atoms with E-state index in [9.17, 15) is 4.79 Å². The Morgan fingerprint density at radius 3 is 2.75 bits per heavy atom. The van der Waals surface area contributed by atoms with Gasteiger partial charge < -0.3 is 15.3 Å². The predicted octanol–water partition coefficient (Wildman–Crippen LogP) is -0.107. The molecule has 1 aromatic heterocycles. The topological polar surface area (TPSA) is 78.4 Å². The van der Waals surface area contributed by atoms with Crippen molar-refractivity contribution in [3.8, 4) is 0 Å². The van der Waals surface area contributed by atoms with Gasteiger partial charge in [-0.3, -0.25) is 0 Å². The van der Waals surface area contributed by atoms with Crippen LogP contribution in [0.4, 0.5) is 5.95 Å². The first-order valence-corrected chi connectivity index (χ1v) is 5.21. The summed E-state index contributed by atoms with van der Waals surface area (Å²) < 4.78 is 0. The van der Waals surface area contributed by atoms with Crippen molar-refractivity contribution >= 4 is 11.9 Å². The molecule has 1 aliphatic heterocycles. The van der Waals surface area contributed by atoms with Gasteiger partial charge in [0.25, 0.3) is 0 Å². The first-order valence-electron chi connectivity index (χ1n) is 5.21. The quantitative estimate of drug-likeness (QED) is 0.727. The Morgan fingerprint density at radius 1 is 1.50 bits per heavy atom. The smallest absolute Gasteiger partial charge is 0.339 e. The number of piperazine rings is 1. The molecule has 1 saturated heterocycles. The van der Waals surface area contributed by atoms with Crippen LogP contribution in [-0.4, -0.2) is 47.2 Å². The normalized spacial score (nSPS) is 16.2. The number of carboxylic acids is 1. The van der Waals surface area contributed by atoms with Crippen molar-refractivity contribution in [2.45, 2.75) is 6.92 Å². The van der Waals surface area contributed by atoms with E-state index in [0.29, 0.717) is 11.6 Å². The fraction of sp³-hybridized carbons (Fsp3) is 0.500. The average molecular weight is 222 g/mol. The number of nitrogens with zero attached hydrogens (tertiary/aromatic N) is 3. The molecule has 0 aromatic carbocycles. The summed E-state index contributed by atoms with van der Waals surface area (Å²) in [4.78, 5) is 21.2. The Labute approximate surface area is 93.3 Å². The minimum atomic E-state index is -0.982. The highest BCUT2D eigenvalue weighted by atomic mass is 16.4. The van der Waals surface area contributed by atoms with Crippen LogP contribution in [0.5, 0.6) is 0 Å². The number of carboxylic acid groups (broad SMARTS) is 1. The average Bonchev–Trinajstić information content (AvgIpc) is 2.29. The van der Waals surface area contributed by atoms with Crippen LogP contribution < -0.4 is 10.2 Å². The fourth-order valence-corrected chi connectivity index (χ4v) is 1.68. The van der Waals surface area contributed by atoms with Crippen molar-refractivity contribution < 1.29 is 9.90 Å². The third-order valence-electron chi connectivity index (χ3n) is 2.60. The maximum atomic E-state index is 10.8. The van der Waals surface area contributed by atoms with Gasteiger partial charge in [-0.25, -0.2) is 14.8 Å². The maximum Gasteiger partial charge on any atom is 0.339 e. The molecule has 0 unspecified atom stereocenters. The SMILES string of the molecule is Cc1nc(N2CCNCC2)ncc1C(=O)O. The lowest BCUT2D eigenvalue weighted by atomic mass is 10.2. The first-order chi connectivity index (χ1) is 7.68. The number of hydrogen-bond donors (Lipinski definition) is 2. The minimum Gasteiger partial charge on any atom is -0.478 e. The van der Waals surface area contributed by atoms with E-state index >= 15 is 0 Å². The van der Waals surface area contributed by atoms with Crippen LogP contribution in [0.15, 0.2) is 6.20 Å². The largest absolute Gasteiger partial charge is 0.478 e. The highest BCUT2D eigenvalue weighted by Crippen LogP contribution is 2.11. The van der Waals surface area contributed by atoms with Gasteiger partial charge in [0.15, 0.2) is 0 Å². The van der Waals surface area contributed by atoms with Gasteiger partial charge in [0, 0.05) is 32.4 Å². The lowest BCUT2D eigenvalue weighted by Gasteiger charge is -2.27. The zero-order chi connectivity index (χ0) is 11.5. The van der Waals surface area contributed by atoms with Gasteiger partial charge in [-0.05, 0) is 6.92 Å². The standard InChI is InChI=1S/C10H14N4O2/c1-7-8(9(15)16)6-12-10(13-7)14-4-2-11-3-5-14/h6,11H,2-5H2,1H3,(H,15,16). The molecule has 0 spiro atoms. The van der Waals surface area contributed by atoms with Crippen molar-refractivity contribution in [2.24, 2.45) is 0 Å². The molecule has 86 valence electrons. The van der Waals surface area contributed by atoms with E-state index in [-0.39, 0.29) is 5.56 Å². The first kappa shape index (κ1) is 10.8. The molecule has 0 saturated carbocycles. The molecular weight excluding hydrogens is 208 g/mol. The van der Waals surface area contributed by atoms with E-state index in [1.165, 1.54) is 6.20 Å². The number of nitrogens with one attached hydrogen (secondary N) is 1. The van der Waals surface area contributed by atoms with Crippen LogP contribution in [0.25, 0.3) is 0 Å². The summed E-state index contributed by atoms with van der Waals surface area (Å²) in [5.41, 5.74) is 0.676. The highest BCUT2D eigenvalue weighted by Gasteiger charge is 2.15. The van der Waals surface area contributed by atoms with Gasteiger partial charge in [-0.1, -0.05) is 0 Å². The molecule has 16 heavy (non-hydrogen) atoms. The Balaban J connectivity index is 2.23. The second-order valence-corrected chi connectivity index (χ2v) is 3.71. The molecule has 0 aliphatic carbocycles. The van der Waals surface area contributed by atoms with Gasteiger partial charge >= 0.3 is 5.97 Å². The molecule has 1 aromatic rings. The molecule has 1 aliphatic rings. The van der Waals surface area contributed by atoms with E-state index in [4.69, 9.17) is 5.11 Å². The zero-order valence-electron chi connectivity index (χ0n) is 9.10. The number of hydrogen-bond acceptors (Lipinski definition) is 5. The van der Waals surface area contributed by atoms with E-state index in [2.05, 4.69) is 20.2 Å². The molecule has 0 radical (unpaired) electrons. The van der Waals surface area contributed by atoms with Gasteiger partial charge in [0.1, 0.15) is 0 Å². The molecule has 1 fully saturated rings. The number of aromatic carboxylic acids is 1. The van der Waals surface area contributed by atoms with Crippen molar-refractivity contribution in [2.75, 3.05) is 31.1 Å². The van der Waals surface area contributed by atoms with Gasteiger partial charge in [-0.2, -0.15) is 0 Å². The monoisotopic (exact) mass is 222 g/mol. The van der Waals surface area contributed by atoms with Crippen LogP contribution in [0.3, 0.4) is 0 Å². The Hall–Kier alpha value is -1.69. The van der Waals surface area contributed by atoms with Crippen molar-refractivity contribution in [1.82, 2.24) is 15.3 Å². The van der Waals surface area contributed by atoms with Crippen LogP contribution in [0, 0.1) is 6.92 Å². The summed E-state index contributed by atoms with van der Waals surface area (Å²) in [6.45, 7) is 5.21. The number of rotatable bonds is 2. The summed E-state index contributed by atoms with van der Waals surface area (Å²) in [6.07, 6.45) is 1.38. The maximum absolute atomic E-state index is 10.8. The summed E-state index contributed by atoms with van der Waals surface area (Å²) in [5, 5.41) is 12.1. The van der Waals surface area contributed by atoms with Crippen LogP contribution >= 0.6 is 0 Å². The molecule has 0 atom stereocenters. The van der Waals surface area contributed by atoms with Crippen LogP contribution in [-0.2, 0) is 0 Å². The van der Waals surface area contributed by atoms with E-state index in [0.717, 1.165) is 26.2 Å². The lowest BCUT2D eigenvalue weighted by molar-refractivity contribution is 0.0695. The van der Waals surface area contributed by atoms with Crippen molar-refractivity contribution in [3.05, 3.63) is 17.5 Å². The second kappa shape index (κ2) is 4.44. The van der Waals surface area contributed by atoms with E-state index < -0.39 is 5.97 Å². The zero-order valence-corrected chi connectivity index (χ0v) is 9.10. The summed E-state index contributed by atoms with van der Waals surface area (Å²) >= 11 is 0. The molecular formula is C10H14N4O2. The molecule has 2 N–H and O–H groups in total. The van der Waals surface area contributed by atoms with Crippen molar-refractivity contribution in [3.63, 3.8) is 0 Å². The van der Waals surface area contributed by atoms with Gasteiger partial charge in [0.2, 0.25) is 5.95 Å². The molecule has 0 bridgehead atoms. The number of anilines is 1. The molecule has 6 nitrogen and oxygen atoms in total. The van der Waals surface area contributed by atoms with Crippen LogP contribution in [0.1, 0.15) is 16.1 Å². The number of aryl methyl sites for hydroxylation is 1. The lowest BCUT2D eigenvalue weighted by Crippen LogP contribution is -2.44. The number of aromatic nitrogens is 2. The summed E-state index contributed by atoms with van der Waals surface area (Å²) in [5.74, 6) is -0.367. The molecule has 2 rings (SSSR count). The van der Waals surface area contributed by atoms with Crippen molar-refractivity contribution in [1.29, 1.82) is 0 Å². The van der Waals surface area contributed by atoms with E-state index in [1.807, 2.05) is 0 Å².